The quantitative estimate of drug-likeness (QED) is 0.601. The monoisotopic (exact) mass is 257 g/mol. The van der Waals surface area contributed by atoms with Crippen molar-refractivity contribution in [3.8, 4) is 6.01 Å². The molecule has 0 aliphatic carbocycles. The standard InChI is InChI=1S/C12H12BN3O3/c17-13-11-8-10(3-2-9(11)4-7-18-13)16-19-12-14-5-1-6-15-12/h1-3,5-6,8,16-17H,4,7H2. The van der Waals surface area contributed by atoms with E-state index in [-0.39, 0.29) is 6.01 Å². The SMILES string of the molecule is OB1OCCc2ccc(NOc3ncccn3)cc21. The second kappa shape index (κ2) is 5.25. The van der Waals surface area contributed by atoms with Crippen LogP contribution in [0.15, 0.2) is 36.7 Å². The Bertz CT molecular complexity index is 567. The highest BCUT2D eigenvalue weighted by atomic mass is 16.7. The van der Waals surface area contributed by atoms with E-state index in [1.807, 2.05) is 12.1 Å². The van der Waals surface area contributed by atoms with Gasteiger partial charge in [0.05, 0.1) is 5.69 Å². The molecule has 7 heteroatoms. The minimum Gasteiger partial charge on any atom is -0.423 e. The van der Waals surface area contributed by atoms with Crippen molar-refractivity contribution in [2.24, 2.45) is 0 Å². The van der Waals surface area contributed by atoms with Crippen LogP contribution in [0.25, 0.3) is 0 Å². The van der Waals surface area contributed by atoms with E-state index in [1.165, 1.54) is 0 Å². The summed E-state index contributed by atoms with van der Waals surface area (Å²) in [5, 5.41) is 9.76. The lowest BCUT2D eigenvalue weighted by molar-refractivity contribution is 0.266. The fourth-order valence-corrected chi connectivity index (χ4v) is 1.93. The van der Waals surface area contributed by atoms with E-state index in [1.54, 1.807) is 24.5 Å². The zero-order valence-corrected chi connectivity index (χ0v) is 10.1. The molecule has 96 valence electrons. The highest BCUT2D eigenvalue weighted by Crippen LogP contribution is 2.13. The first kappa shape index (κ1) is 11.9. The van der Waals surface area contributed by atoms with Gasteiger partial charge in [0.1, 0.15) is 0 Å². The Hall–Kier alpha value is -2.12. The first-order chi connectivity index (χ1) is 9.33. The van der Waals surface area contributed by atoms with Crippen LogP contribution in [0.2, 0.25) is 0 Å². The molecule has 0 saturated carbocycles. The Labute approximate surface area is 110 Å². The van der Waals surface area contributed by atoms with Gasteiger partial charge in [-0.1, -0.05) is 6.07 Å². The zero-order valence-electron chi connectivity index (χ0n) is 10.1. The van der Waals surface area contributed by atoms with Crippen LogP contribution in [-0.2, 0) is 11.1 Å². The summed E-state index contributed by atoms with van der Waals surface area (Å²) in [5.41, 5.74) is 5.29. The number of rotatable bonds is 3. The number of hydrogen-bond donors (Lipinski definition) is 2. The van der Waals surface area contributed by atoms with Crippen LogP contribution in [0.5, 0.6) is 6.01 Å². The predicted octanol–water partition coefficient (Wildman–Crippen LogP) is 0.143. The molecule has 19 heavy (non-hydrogen) atoms. The van der Waals surface area contributed by atoms with Gasteiger partial charge in [-0.05, 0) is 35.6 Å². The summed E-state index contributed by atoms with van der Waals surface area (Å²) in [6.07, 6.45) is 3.98. The van der Waals surface area contributed by atoms with Crippen LogP contribution in [0, 0.1) is 0 Å². The smallest absolute Gasteiger partial charge is 0.423 e. The van der Waals surface area contributed by atoms with Crippen LogP contribution < -0.4 is 15.8 Å². The number of benzene rings is 1. The van der Waals surface area contributed by atoms with Gasteiger partial charge in [-0.15, -0.1) is 0 Å². The van der Waals surface area contributed by atoms with Gasteiger partial charge < -0.3 is 14.5 Å². The molecule has 0 saturated heterocycles. The van der Waals surface area contributed by atoms with E-state index in [0.29, 0.717) is 12.3 Å². The maximum absolute atomic E-state index is 9.76. The van der Waals surface area contributed by atoms with Crippen molar-refractivity contribution in [1.29, 1.82) is 0 Å². The Kier molecular flexibility index (Phi) is 3.30. The minimum absolute atomic E-state index is 0.233. The Balaban J connectivity index is 1.74. The Morgan fingerprint density at radius 1 is 1.32 bits per heavy atom. The second-order valence-corrected chi connectivity index (χ2v) is 4.12. The summed E-state index contributed by atoms with van der Waals surface area (Å²) in [4.78, 5) is 13.1. The molecule has 1 aromatic heterocycles. The first-order valence-corrected chi connectivity index (χ1v) is 5.95. The molecule has 0 atom stereocenters. The number of nitrogens with zero attached hydrogens (tertiary/aromatic N) is 2. The highest BCUT2D eigenvalue weighted by Gasteiger charge is 2.24. The third kappa shape index (κ3) is 2.67. The number of hydrogen-bond acceptors (Lipinski definition) is 6. The summed E-state index contributed by atoms with van der Waals surface area (Å²) in [5.74, 6) is 0. The molecule has 0 amide bonds. The molecule has 2 aromatic rings. The van der Waals surface area contributed by atoms with Gasteiger partial charge in [-0.3, -0.25) is 0 Å². The van der Waals surface area contributed by atoms with Crippen LogP contribution in [0.3, 0.4) is 0 Å². The van der Waals surface area contributed by atoms with E-state index < -0.39 is 7.12 Å². The third-order valence-electron chi connectivity index (χ3n) is 2.86. The maximum atomic E-state index is 9.76. The van der Waals surface area contributed by atoms with Gasteiger partial charge in [0.25, 0.3) is 0 Å². The predicted molar refractivity (Wildman–Crippen MR) is 70.0 cm³/mol. The molecule has 1 aromatic carbocycles. The van der Waals surface area contributed by atoms with E-state index in [4.69, 9.17) is 9.49 Å². The average molecular weight is 257 g/mol. The second-order valence-electron chi connectivity index (χ2n) is 4.12. The van der Waals surface area contributed by atoms with Gasteiger partial charge >= 0.3 is 13.1 Å². The molecular weight excluding hydrogens is 245 g/mol. The van der Waals surface area contributed by atoms with Gasteiger partial charge in [0.2, 0.25) is 0 Å². The summed E-state index contributed by atoms with van der Waals surface area (Å²) < 4.78 is 5.18. The van der Waals surface area contributed by atoms with Crippen molar-refractivity contribution in [2.75, 3.05) is 12.1 Å². The summed E-state index contributed by atoms with van der Waals surface area (Å²) >= 11 is 0. The number of anilines is 1. The number of aromatic nitrogens is 2. The van der Waals surface area contributed by atoms with Crippen LogP contribution in [-0.4, -0.2) is 28.7 Å². The van der Waals surface area contributed by atoms with E-state index in [2.05, 4.69) is 15.4 Å². The summed E-state index contributed by atoms with van der Waals surface area (Å²) in [7, 11) is -0.876. The van der Waals surface area contributed by atoms with Crippen molar-refractivity contribution in [1.82, 2.24) is 9.97 Å². The van der Waals surface area contributed by atoms with Gasteiger partial charge in [0, 0.05) is 19.0 Å². The van der Waals surface area contributed by atoms with Gasteiger partial charge in [0.15, 0.2) is 0 Å². The van der Waals surface area contributed by atoms with E-state index >= 15 is 0 Å². The molecule has 0 spiro atoms. The topological polar surface area (TPSA) is 76.5 Å². The maximum Gasteiger partial charge on any atom is 0.491 e. The van der Waals surface area contributed by atoms with Crippen LogP contribution in [0.4, 0.5) is 5.69 Å². The van der Waals surface area contributed by atoms with Gasteiger partial charge in [-0.25, -0.2) is 15.4 Å². The molecule has 2 N–H and O–H groups in total. The lowest BCUT2D eigenvalue weighted by Gasteiger charge is -2.19. The fourth-order valence-electron chi connectivity index (χ4n) is 1.93. The lowest BCUT2D eigenvalue weighted by atomic mass is 9.73. The van der Waals surface area contributed by atoms with Gasteiger partial charge in [-0.2, -0.15) is 0 Å². The van der Waals surface area contributed by atoms with Crippen molar-refractivity contribution in [3.05, 3.63) is 42.2 Å². The van der Waals surface area contributed by atoms with Crippen LogP contribution >= 0.6 is 0 Å². The molecule has 0 bridgehead atoms. The first-order valence-electron chi connectivity index (χ1n) is 5.95. The molecule has 0 radical (unpaired) electrons. The average Bonchev–Trinajstić information content (AvgIpc) is 2.47. The number of nitrogens with one attached hydrogen (secondary N) is 1. The number of fused-ring (bicyclic) bond motifs is 1. The molecule has 0 fully saturated rings. The van der Waals surface area contributed by atoms with E-state index in [9.17, 15) is 5.02 Å². The van der Waals surface area contributed by atoms with Crippen molar-refractivity contribution in [2.45, 2.75) is 6.42 Å². The van der Waals surface area contributed by atoms with Crippen molar-refractivity contribution >= 4 is 18.3 Å². The van der Waals surface area contributed by atoms with Crippen molar-refractivity contribution in [3.63, 3.8) is 0 Å². The minimum atomic E-state index is -0.876. The summed E-state index contributed by atoms with van der Waals surface area (Å²) in [6.45, 7) is 0.537. The Morgan fingerprint density at radius 2 is 2.16 bits per heavy atom. The molecule has 0 unspecified atom stereocenters. The lowest BCUT2D eigenvalue weighted by Crippen LogP contribution is -2.41. The summed E-state index contributed by atoms with van der Waals surface area (Å²) in [6, 6.07) is 7.55. The Morgan fingerprint density at radius 3 is 3.00 bits per heavy atom. The van der Waals surface area contributed by atoms with Crippen molar-refractivity contribution < 1.29 is 14.5 Å². The largest absolute Gasteiger partial charge is 0.491 e. The third-order valence-corrected chi connectivity index (χ3v) is 2.86. The molecular formula is C12H12BN3O3. The molecule has 3 rings (SSSR count). The molecule has 1 aliphatic rings. The highest BCUT2D eigenvalue weighted by molar-refractivity contribution is 6.61. The fraction of sp³-hybridized carbons (Fsp3) is 0.167. The molecule has 2 heterocycles. The zero-order chi connectivity index (χ0) is 13.1. The van der Waals surface area contributed by atoms with Crippen LogP contribution in [0.1, 0.15) is 5.56 Å². The molecule has 6 nitrogen and oxygen atoms in total. The van der Waals surface area contributed by atoms with E-state index in [0.717, 1.165) is 17.4 Å². The molecule has 1 aliphatic heterocycles. The normalized spacial score (nSPS) is 13.8.